The van der Waals surface area contributed by atoms with Crippen molar-refractivity contribution in [2.45, 2.75) is 26.2 Å². The van der Waals surface area contributed by atoms with Crippen molar-refractivity contribution in [3.05, 3.63) is 52.6 Å². The molecule has 2 rings (SSSR count). The van der Waals surface area contributed by atoms with E-state index in [-0.39, 0.29) is 6.54 Å². The summed E-state index contributed by atoms with van der Waals surface area (Å²) in [6, 6.07) is 2.99. The Hall–Kier alpha value is -1.89. The van der Waals surface area contributed by atoms with Crippen molar-refractivity contribution in [2.75, 3.05) is 0 Å². The minimum atomic E-state index is -4.68. The monoisotopic (exact) mass is 287 g/mol. The molecule has 0 saturated carbocycles. The van der Waals surface area contributed by atoms with Crippen LogP contribution in [0.5, 0.6) is 0 Å². The Labute approximate surface area is 113 Å². The molecule has 0 fully saturated rings. The number of aryl methyl sites for hydroxylation is 1. The van der Waals surface area contributed by atoms with Gasteiger partial charge < -0.3 is 5.32 Å². The number of rotatable bonds is 4. The van der Waals surface area contributed by atoms with Crippen LogP contribution in [0.3, 0.4) is 0 Å². The first-order valence-electron chi connectivity index (χ1n) is 5.93. The zero-order valence-electron chi connectivity index (χ0n) is 10.7. The third-order valence-corrected chi connectivity index (χ3v) is 2.92. The second-order valence-corrected chi connectivity index (χ2v) is 4.44. The van der Waals surface area contributed by atoms with Crippen molar-refractivity contribution in [1.29, 1.82) is 0 Å². The molecule has 2 N–H and O–H groups in total. The van der Waals surface area contributed by atoms with Gasteiger partial charge in [-0.15, -0.1) is 0 Å². The number of halogens is 4. The van der Waals surface area contributed by atoms with Crippen molar-refractivity contribution in [2.24, 2.45) is 0 Å². The summed E-state index contributed by atoms with van der Waals surface area (Å²) in [6.07, 6.45) is -3.03. The fourth-order valence-corrected chi connectivity index (χ4v) is 1.80. The quantitative estimate of drug-likeness (QED) is 0.848. The zero-order chi connectivity index (χ0) is 14.8. The molecule has 0 bridgehead atoms. The Balaban J connectivity index is 2.02. The molecule has 20 heavy (non-hydrogen) atoms. The third kappa shape index (κ3) is 3.36. The van der Waals surface area contributed by atoms with Crippen molar-refractivity contribution >= 4 is 0 Å². The van der Waals surface area contributed by atoms with Crippen LogP contribution >= 0.6 is 0 Å². The van der Waals surface area contributed by atoms with Crippen LogP contribution in [0.25, 0.3) is 0 Å². The lowest BCUT2D eigenvalue weighted by Gasteiger charge is -2.10. The maximum atomic E-state index is 13.1. The molecule has 0 saturated heterocycles. The van der Waals surface area contributed by atoms with E-state index in [9.17, 15) is 17.6 Å². The third-order valence-electron chi connectivity index (χ3n) is 2.92. The van der Waals surface area contributed by atoms with E-state index in [0.717, 1.165) is 23.4 Å². The highest BCUT2D eigenvalue weighted by Gasteiger charge is 2.34. The maximum absolute atomic E-state index is 13.1. The topological polar surface area (TPSA) is 40.7 Å². The number of nitrogens with one attached hydrogen (secondary N) is 2. The molecule has 7 heteroatoms. The molecule has 1 heterocycles. The second-order valence-electron chi connectivity index (χ2n) is 4.44. The van der Waals surface area contributed by atoms with Gasteiger partial charge in [-0.05, 0) is 24.6 Å². The van der Waals surface area contributed by atoms with Gasteiger partial charge in [0.15, 0.2) is 0 Å². The summed E-state index contributed by atoms with van der Waals surface area (Å²) in [5.74, 6) is -1.26. The Morgan fingerprint density at radius 2 is 2.00 bits per heavy atom. The van der Waals surface area contributed by atoms with Crippen LogP contribution < -0.4 is 5.32 Å². The average Bonchev–Trinajstić information content (AvgIpc) is 2.76. The summed E-state index contributed by atoms with van der Waals surface area (Å²) < 4.78 is 50.8. The van der Waals surface area contributed by atoms with Crippen molar-refractivity contribution in [1.82, 2.24) is 15.5 Å². The normalized spacial score (nSPS) is 11.8. The fraction of sp³-hybridized carbons (Fsp3) is 0.308. The van der Waals surface area contributed by atoms with Gasteiger partial charge in [-0.2, -0.15) is 18.3 Å². The largest absolute Gasteiger partial charge is 0.419 e. The van der Waals surface area contributed by atoms with Gasteiger partial charge in [-0.1, -0.05) is 6.07 Å². The molecular formula is C13H13F4N3. The fourth-order valence-electron chi connectivity index (χ4n) is 1.80. The molecule has 0 spiro atoms. The number of hydrogen-bond donors (Lipinski definition) is 2. The summed E-state index contributed by atoms with van der Waals surface area (Å²) in [6.45, 7) is 2.54. The molecule has 108 valence electrons. The average molecular weight is 287 g/mol. The summed E-state index contributed by atoms with van der Waals surface area (Å²) >= 11 is 0. The number of aromatic nitrogens is 2. The van der Waals surface area contributed by atoms with Gasteiger partial charge >= 0.3 is 6.18 Å². The van der Waals surface area contributed by atoms with E-state index < -0.39 is 17.6 Å². The predicted octanol–water partition coefficient (Wildman–Crippen LogP) is 3.17. The van der Waals surface area contributed by atoms with E-state index in [1.165, 1.54) is 6.07 Å². The first kappa shape index (κ1) is 14.5. The van der Waals surface area contributed by atoms with Gasteiger partial charge in [0.1, 0.15) is 5.82 Å². The van der Waals surface area contributed by atoms with Crippen molar-refractivity contribution in [3.63, 3.8) is 0 Å². The number of alkyl halides is 3. The molecule has 0 radical (unpaired) electrons. The summed E-state index contributed by atoms with van der Waals surface area (Å²) in [7, 11) is 0. The molecule has 0 amide bonds. The number of hydrogen-bond acceptors (Lipinski definition) is 2. The SMILES string of the molecule is Cc1[nH]ncc1CNCc1ccc(F)c(C(F)(F)F)c1. The first-order chi connectivity index (χ1) is 9.38. The number of benzene rings is 1. The standard InChI is InChI=1S/C13H13F4N3/c1-8-10(7-19-20-8)6-18-5-9-2-3-12(14)11(4-9)13(15,16)17/h2-4,7,18H,5-6H2,1H3,(H,19,20). The zero-order valence-corrected chi connectivity index (χ0v) is 10.7. The van der Waals surface area contributed by atoms with Gasteiger partial charge in [0, 0.05) is 24.3 Å². The van der Waals surface area contributed by atoms with Gasteiger partial charge in [-0.3, -0.25) is 5.10 Å². The van der Waals surface area contributed by atoms with E-state index >= 15 is 0 Å². The van der Waals surface area contributed by atoms with Gasteiger partial charge in [0.05, 0.1) is 11.8 Å². The van der Waals surface area contributed by atoms with E-state index in [0.29, 0.717) is 12.1 Å². The smallest absolute Gasteiger partial charge is 0.308 e. The Morgan fingerprint density at radius 3 is 2.60 bits per heavy atom. The summed E-state index contributed by atoms with van der Waals surface area (Å²) in [4.78, 5) is 0. The molecular weight excluding hydrogens is 274 g/mol. The van der Waals surface area contributed by atoms with Crippen LogP contribution in [0.4, 0.5) is 17.6 Å². The van der Waals surface area contributed by atoms with Crippen LogP contribution in [-0.4, -0.2) is 10.2 Å². The highest BCUT2D eigenvalue weighted by molar-refractivity contribution is 5.27. The number of aromatic amines is 1. The van der Waals surface area contributed by atoms with Crippen LogP contribution in [0.2, 0.25) is 0 Å². The van der Waals surface area contributed by atoms with Crippen molar-refractivity contribution in [3.8, 4) is 0 Å². The molecule has 0 unspecified atom stereocenters. The maximum Gasteiger partial charge on any atom is 0.419 e. The molecule has 0 aliphatic rings. The molecule has 1 aromatic carbocycles. The second kappa shape index (κ2) is 5.62. The lowest BCUT2D eigenvalue weighted by molar-refractivity contribution is -0.140. The molecule has 0 atom stereocenters. The van der Waals surface area contributed by atoms with Crippen LogP contribution in [-0.2, 0) is 19.3 Å². The minimum absolute atomic E-state index is 0.216. The molecule has 1 aromatic heterocycles. The minimum Gasteiger partial charge on any atom is -0.308 e. The summed E-state index contributed by atoms with van der Waals surface area (Å²) in [5, 5.41) is 9.60. The van der Waals surface area contributed by atoms with E-state index in [1.807, 2.05) is 6.92 Å². The highest BCUT2D eigenvalue weighted by atomic mass is 19.4. The Bertz CT molecular complexity index is 590. The highest BCUT2D eigenvalue weighted by Crippen LogP contribution is 2.31. The van der Waals surface area contributed by atoms with Crippen LogP contribution in [0.1, 0.15) is 22.4 Å². The summed E-state index contributed by atoms with van der Waals surface area (Å²) in [5.41, 5.74) is 0.965. The Morgan fingerprint density at radius 1 is 1.25 bits per heavy atom. The van der Waals surface area contributed by atoms with Crippen LogP contribution in [0, 0.1) is 12.7 Å². The molecule has 2 aromatic rings. The van der Waals surface area contributed by atoms with E-state index in [2.05, 4.69) is 15.5 Å². The first-order valence-corrected chi connectivity index (χ1v) is 5.93. The van der Waals surface area contributed by atoms with Gasteiger partial charge in [0.25, 0.3) is 0 Å². The Kier molecular flexibility index (Phi) is 4.08. The number of nitrogens with zero attached hydrogens (tertiary/aromatic N) is 1. The molecule has 0 aliphatic carbocycles. The predicted molar refractivity (Wildman–Crippen MR) is 65.3 cm³/mol. The lowest BCUT2D eigenvalue weighted by Crippen LogP contribution is -2.15. The molecule has 3 nitrogen and oxygen atoms in total. The van der Waals surface area contributed by atoms with E-state index in [4.69, 9.17) is 0 Å². The number of H-pyrrole nitrogens is 1. The van der Waals surface area contributed by atoms with Crippen molar-refractivity contribution < 1.29 is 17.6 Å². The van der Waals surface area contributed by atoms with Crippen LogP contribution in [0.15, 0.2) is 24.4 Å². The van der Waals surface area contributed by atoms with Gasteiger partial charge in [0.2, 0.25) is 0 Å². The van der Waals surface area contributed by atoms with Gasteiger partial charge in [-0.25, -0.2) is 4.39 Å². The lowest BCUT2D eigenvalue weighted by atomic mass is 10.1. The van der Waals surface area contributed by atoms with E-state index in [1.54, 1.807) is 6.20 Å². The molecule has 0 aliphatic heterocycles.